The first-order valence-electron chi connectivity index (χ1n) is 12.8. The predicted octanol–water partition coefficient (Wildman–Crippen LogP) is 2.53. The number of hydrogen-bond donors (Lipinski definition) is 1. The minimum absolute atomic E-state index is 0.0451. The first-order valence-corrected chi connectivity index (χ1v) is 12.8. The van der Waals surface area contributed by atoms with Crippen molar-refractivity contribution >= 4 is 17.8 Å². The van der Waals surface area contributed by atoms with Crippen LogP contribution in [0.2, 0.25) is 0 Å². The first kappa shape index (κ1) is 26.7. The van der Waals surface area contributed by atoms with E-state index in [-0.39, 0.29) is 37.0 Å². The Labute approximate surface area is 203 Å². The number of fused-ring (bicyclic) bond motifs is 1. The molecule has 0 radical (unpaired) electrons. The maximum Gasteiger partial charge on any atom is 0.312 e. The third-order valence-electron chi connectivity index (χ3n) is 8.45. The number of ether oxygens (including phenoxy) is 2. The Kier molecular flexibility index (Phi) is 7.82. The number of hydrogen-bond acceptors (Lipinski definition) is 6. The number of aliphatic hydroxyl groups is 1. The summed E-state index contributed by atoms with van der Waals surface area (Å²) in [5, 5.41) is 10.2. The van der Waals surface area contributed by atoms with Crippen molar-refractivity contribution in [1.29, 1.82) is 0 Å². The van der Waals surface area contributed by atoms with E-state index in [9.17, 15) is 19.5 Å². The van der Waals surface area contributed by atoms with E-state index < -0.39 is 41.1 Å². The highest BCUT2D eigenvalue weighted by molar-refractivity contribution is 5.99. The fourth-order valence-corrected chi connectivity index (χ4v) is 6.71. The zero-order valence-electron chi connectivity index (χ0n) is 21.6. The fourth-order valence-electron chi connectivity index (χ4n) is 6.71. The Morgan fingerprint density at radius 3 is 2.59 bits per heavy atom. The highest BCUT2D eigenvalue weighted by Crippen LogP contribution is 2.65. The van der Waals surface area contributed by atoms with E-state index in [1.165, 1.54) is 4.90 Å². The second kappa shape index (κ2) is 9.97. The van der Waals surface area contributed by atoms with Gasteiger partial charge in [0.1, 0.15) is 17.6 Å². The highest BCUT2D eigenvalue weighted by Gasteiger charge is 2.80. The number of carbonyl (C=O) groups is 3. The molecule has 0 aromatic heterocycles. The van der Waals surface area contributed by atoms with Gasteiger partial charge in [-0.05, 0) is 46.0 Å². The summed E-state index contributed by atoms with van der Waals surface area (Å²) < 4.78 is 12.1. The summed E-state index contributed by atoms with van der Waals surface area (Å²) in [6.07, 6.45) is 4.40. The first-order chi connectivity index (χ1) is 16.1. The third-order valence-corrected chi connectivity index (χ3v) is 8.45. The quantitative estimate of drug-likeness (QED) is 0.362. The molecule has 1 spiro atoms. The minimum atomic E-state index is -1.13. The zero-order valence-corrected chi connectivity index (χ0v) is 21.6. The van der Waals surface area contributed by atoms with E-state index in [1.54, 1.807) is 17.9 Å². The average Bonchev–Trinajstić information content (AvgIpc) is 3.30. The van der Waals surface area contributed by atoms with Gasteiger partial charge >= 0.3 is 5.97 Å². The van der Waals surface area contributed by atoms with Crippen molar-refractivity contribution in [2.45, 2.75) is 96.6 Å². The third kappa shape index (κ3) is 3.77. The van der Waals surface area contributed by atoms with Crippen LogP contribution in [0.1, 0.15) is 67.2 Å². The van der Waals surface area contributed by atoms with Gasteiger partial charge in [0, 0.05) is 12.6 Å². The van der Waals surface area contributed by atoms with E-state index >= 15 is 0 Å². The fraction of sp³-hybridized carbons (Fsp3) is 0.808. The molecule has 2 bridgehead atoms. The monoisotopic (exact) mass is 478 g/mol. The van der Waals surface area contributed by atoms with Crippen LogP contribution in [-0.4, -0.2) is 81.8 Å². The van der Waals surface area contributed by atoms with Gasteiger partial charge in [-0.15, -0.1) is 6.58 Å². The molecule has 34 heavy (non-hydrogen) atoms. The molecule has 0 aliphatic carbocycles. The van der Waals surface area contributed by atoms with Crippen LogP contribution in [0.15, 0.2) is 12.7 Å². The molecule has 3 heterocycles. The molecule has 0 saturated carbocycles. The van der Waals surface area contributed by atoms with Crippen LogP contribution in [0.25, 0.3) is 0 Å². The molecule has 3 aliphatic rings. The molecule has 192 valence electrons. The second-order valence-corrected chi connectivity index (χ2v) is 10.4. The van der Waals surface area contributed by atoms with E-state index in [2.05, 4.69) is 13.5 Å². The maximum atomic E-state index is 14.3. The summed E-state index contributed by atoms with van der Waals surface area (Å²) in [5.41, 5.74) is -2.02. The summed E-state index contributed by atoms with van der Waals surface area (Å²) in [6, 6.07) is -1.50. The Balaban J connectivity index is 2.16. The van der Waals surface area contributed by atoms with Gasteiger partial charge in [0.2, 0.25) is 11.8 Å². The standard InChI is InChI=1S/C26H42N2O6/c1-8-12-17(6)27(13-9-2)23(31)21-26-14-16(5)25(7,34-26)20(24(32)33-11-4)19(26)22(30)28(21)18(10-3)15-29/h9,16-21,29H,2,8,10-15H2,1,3-7H3/t16?,17?,18-,19-,20-,21?,25+,26?/m0/s1. The number of likely N-dealkylation sites (tertiary alicyclic amines) is 1. The summed E-state index contributed by atoms with van der Waals surface area (Å²) >= 11 is 0. The average molecular weight is 479 g/mol. The number of aliphatic hydroxyl groups excluding tert-OH is 1. The molecule has 3 saturated heterocycles. The predicted molar refractivity (Wildman–Crippen MR) is 128 cm³/mol. The van der Waals surface area contributed by atoms with Crippen molar-refractivity contribution in [2.24, 2.45) is 17.8 Å². The maximum absolute atomic E-state index is 14.3. The molecule has 0 aromatic rings. The van der Waals surface area contributed by atoms with Crippen molar-refractivity contribution in [3.63, 3.8) is 0 Å². The molecule has 8 heteroatoms. The van der Waals surface area contributed by atoms with Crippen molar-refractivity contribution in [3.8, 4) is 0 Å². The van der Waals surface area contributed by atoms with Crippen LogP contribution >= 0.6 is 0 Å². The number of carbonyl (C=O) groups excluding carboxylic acids is 3. The lowest BCUT2D eigenvalue weighted by Gasteiger charge is -2.41. The SMILES string of the molecule is C=CCN(C(=O)C1N([C@@H](CC)CO)C(=O)[C@@H]2[C@@H](C(=O)OCC)[C@]3(C)OC12CC3C)C(C)CCC. The molecule has 8 nitrogen and oxygen atoms in total. The summed E-state index contributed by atoms with van der Waals surface area (Å²) in [4.78, 5) is 44.8. The smallest absolute Gasteiger partial charge is 0.312 e. The Morgan fingerprint density at radius 2 is 2.06 bits per heavy atom. The van der Waals surface area contributed by atoms with Gasteiger partial charge in [-0.25, -0.2) is 0 Å². The van der Waals surface area contributed by atoms with E-state index in [0.717, 1.165) is 12.8 Å². The Bertz CT molecular complexity index is 813. The number of rotatable bonds is 11. The molecular formula is C26H42N2O6. The number of nitrogens with zero attached hydrogens (tertiary/aromatic N) is 2. The second-order valence-electron chi connectivity index (χ2n) is 10.4. The lowest BCUT2D eigenvalue weighted by Crippen LogP contribution is -2.60. The van der Waals surface area contributed by atoms with Crippen LogP contribution in [0.3, 0.4) is 0 Å². The molecule has 0 aromatic carbocycles. The van der Waals surface area contributed by atoms with Crippen LogP contribution in [0, 0.1) is 17.8 Å². The molecule has 2 amide bonds. The van der Waals surface area contributed by atoms with E-state index in [4.69, 9.17) is 9.47 Å². The highest BCUT2D eigenvalue weighted by atomic mass is 16.6. The topological polar surface area (TPSA) is 96.4 Å². The van der Waals surface area contributed by atoms with Crippen LogP contribution in [-0.2, 0) is 23.9 Å². The normalized spacial score (nSPS) is 35.7. The van der Waals surface area contributed by atoms with Gasteiger partial charge in [0.25, 0.3) is 0 Å². The number of amides is 2. The van der Waals surface area contributed by atoms with Gasteiger partial charge < -0.3 is 24.4 Å². The lowest BCUT2D eigenvalue weighted by atomic mass is 9.62. The van der Waals surface area contributed by atoms with Crippen molar-refractivity contribution in [3.05, 3.63) is 12.7 Å². The number of esters is 1. The molecule has 3 rings (SSSR count). The lowest BCUT2D eigenvalue weighted by molar-refractivity contribution is -0.163. The molecule has 3 aliphatic heterocycles. The molecule has 3 fully saturated rings. The molecule has 4 unspecified atom stereocenters. The van der Waals surface area contributed by atoms with Crippen LogP contribution in [0.5, 0.6) is 0 Å². The molecular weight excluding hydrogens is 436 g/mol. The molecule has 8 atom stereocenters. The van der Waals surface area contributed by atoms with Crippen LogP contribution in [0.4, 0.5) is 0 Å². The Morgan fingerprint density at radius 1 is 1.38 bits per heavy atom. The molecule has 1 N–H and O–H groups in total. The van der Waals surface area contributed by atoms with Gasteiger partial charge in [-0.1, -0.05) is 33.3 Å². The van der Waals surface area contributed by atoms with Gasteiger partial charge in [-0.3, -0.25) is 14.4 Å². The van der Waals surface area contributed by atoms with Gasteiger partial charge in [0.05, 0.1) is 30.8 Å². The van der Waals surface area contributed by atoms with E-state index in [0.29, 0.717) is 19.4 Å². The zero-order chi connectivity index (χ0) is 25.4. The summed E-state index contributed by atoms with van der Waals surface area (Å²) in [5.74, 6) is -2.60. The van der Waals surface area contributed by atoms with Crippen LogP contribution < -0.4 is 0 Å². The minimum Gasteiger partial charge on any atom is -0.466 e. The van der Waals surface area contributed by atoms with Gasteiger partial charge in [-0.2, -0.15) is 0 Å². The summed E-state index contributed by atoms with van der Waals surface area (Å²) in [6.45, 7) is 15.7. The van der Waals surface area contributed by atoms with E-state index in [1.807, 2.05) is 27.7 Å². The van der Waals surface area contributed by atoms with Crippen molar-refractivity contribution < 1.29 is 29.0 Å². The van der Waals surface area contributed by atoms with Crippen molar-refractivity contribution in [1.82, 2.24) is 9.80 Å². The largest absolute Gasteiger partial charge is 0.466 e. The summed E-state index contributed by atoms with van der Waals surface area (Å²) in [7, 11) is 0. The van der Waals surface area contributed by atoms with Gasteiger partial charge in [0.15, 0.2) is 0 Å². The Hall–Kier alpha value is -1.93. The van der Waals surface area contributed by atoms with Crippen molar-refractivity contribution in [2.75, 3.05) is 19.8 Å².